The molecule has 1 aromatic carbocycles. The van der Waals surface area contributed by atoms with Crippen LogP contribution in [0.4, 0.5) is 0 Å². The van der Waals surface area contributed by atoms with E-state index in [4.69, 9.17) is 9.26 Å². The molecule has 1 aliphatic heterocycles. The fraction of sp³-hybridized carbons (Fsp3) is 0.500. The molecule has 0 N–H and O–H groups in total. The van der Waals surface area contributed by atoms with Crippen LogP contribution in [0.2, 0.25) is 0 Å². The second-order valence-electron chi connectivity index (χ2n) is 8.16. The van der Waals surface area contributed by atoms with Gasteiger partial charge in [0.2, 0.25) is 5.91 Å². The molecule has 0 saturated carbocycles. The zero-order valence-corrected chi connectivity index (χ0v) is 20.4. The maximum Gasteiger partial charge on any atom is 0.309 e. The number of rotatable bonds is 8. The number of ether oxygens (including phenoxy) is 1. The van der Waals surface area contributed by atoms with E-state index in [-0.39, 0.29) is 30.2 Å². The summed E-state index contributed by atoms with van der Waals surface area (Å²) >= 11 is 1.55. The summed E-state index contributed by atoms with van der Waals surface area (Å²) < 4.78 is 10.3. The highest BCUT2D eigenvalue weighted by atomic mass is 32.2. The first-order valence-corrected chi connectivity index (χ1v) is 12.1. The maximum atomic E-state index is 13.1. The summed E-state index contributed by atoms with van der Waals surface area (Å²) in [6.45, 7) is 6.91. The number of amides is 2. The third kappa shape index (κ3) is 6.16. The monoisotopic (exact) mass is 473 g/mol. The van der Waals surface area contributed by atoms with Crippen LogP contribution < -0.4 is 0 Å². The lowest BCUT2D eigenvalue weighted by atomic mass is 9.97. The number of aromatic nitrogens is 1. The summed E-state index contributed by atoms with van der Waals surface area (Å²) in [5.74, 6) is 0.750. The first kappa shape index (κ1) is 24.8. The molecule has 2 heterocycles. The number of likely N-dealkylation sites (N-methyl/N-ethyl adjacent to an activating group) is 1. The minimum absolute atomic E-state index is 0.00816. The molecular weight excluding hydrogens is 442 g/mol. The summed E-state index contributed by atoms with van der Waals surface area (Å²) in [7, 11) is 1.64. The molecule has 1 aromatic heterocycles. The van der Waals surface area contributed by atoms with Gasteiger partial charge in [0.1, 0.15) is 5.76 Å². The average Bonchev–Trinajstić information content (AvgIpc) is 3.14. The first-order chi connectivity index (χ1) is 15.8. The lowest BCUT2D eigenvalue weighted by Gasteiger charge is -2.32. The Morgan fingerprint density at radius 2 is 1.91 bits per heavy atom. The van der Waals surface area contributed by atoms with E-state index in [1.165, 1.54) is 4.90 Å². The highest BCUT2D eigenvalue weighted by Gasteiger charge is 2.29. The van der Waals surface area contributed by atoms with E-state index in [9.17, 15) is 14.4 Å². The molecule has 1 saturated heterocycles. The predicted octanol–water partition coefficient (Wildman–Crippen LogP) is 3.46. The summed E-state index contributed by atoms with van der Waals surface area (Å²) in [5, 5.41) is 3.98. The van der Waals surface area contributed by atoms with E-state index < -0.39 is 0 Å². The van der Waals surface area contributed by atoms with Crippen molar-refractivity contribution in [3.63, 3.8) is 0 Å². The van der Waals surface area contributed by atoms with Crippen LogP contribution in [0.25, 0.3) is 0 Å². The van der Waals surface area contributed by atoms with Gasteiger partial charge < -0.3 is 19.1 Å². The Kier molecular flexibility index (Phi) is 8.55. The van der Waals surface area contributed by atoms with Crippen molar-refractivity contribution in [2.45, 2.75) is 44.3 Å². The van der Waals surface area contributed by atoms with Crippen LogP contribution in [0.15, 0.2) is 33.7 Å². The smallest absolute Gasteiger partial charge is 0.309 e. The van der Waals surface area contributed by atoms with Crippen molar-refractivity contribution >= 4 is 29.5 Å². The molecule has 0 bridgehead atoms. The number of likely N-dealkylation sites (tertiary alicyclic amines) is 1. The fourth-order valence-corrected chi connectivity index (χ4v) is 5.03. The topological polar surface area (TPSA) is 93.0 Å². The SMILES string of the molecule is CCOC(=O)C1CCN(C(=O)CN(C)C(=O)c2ccccc2SCc2c(C)noc2C)CC1. The van der Waals surface area contributed by atoms with Gasteiger partial charge in [-0.3, -0.25) is 14.4 Å². The van der Waals surface area contributed by atoms with Crippen molar-refractivity contribution in [2.75, 3.05) is 33.3 Å². The second-order valence-corrected chi connectivity index (χ2v) is 9.17. The van der Waals surface area contributed by atoms with Crippen molar-refractivity contribution in [1.29, 1.82) is 0 Å². The molecule has 33 heavy (non-hydrogen) atoms. The fourth-order valence-electron chi connectivity index (χ4n) is 3.83. The highest BCUT2D eigenvalue weighted by Crippen LogP contribution is 2.29. The molecule has 1 fully saturated rings. The quantitative estimate of drug-likeness (QED) is 0.428. The lowest BCUT2D eigenvalue weighted by Crippen LogP contribution is -2.45. The van der Waals surface area contributed by atoms with Crippen molar-refractivity contribution in [2.24, 2.45) is 5.92 Å². The van der Waals surface area contributed by atoms with E-state index in [1.54, 1.807) is 36.7 Å². The number of esters is 1. The van der Waals surface area contributed by atoms with Gasteiger partial charge in [0, 0.05) is 36.3 Å². The van der Waals surface area contributed by atoms with E-state index in [2.05, 4.69) is 5.16 Å². The van der Waals surface area contributed by atoms with E-state index >= 15 is 0 Å². The molecule has 2 amide bonds. The van der Waals surface area contributed by atoms with Crippen LogP contribution in [0.1, 0.15) is 47.1 Å². The maximum absolute atomic E-state index is 13.1. The Hall–Kier alpha value is -2.81. The third-order valence-corrected chi connectivity index (χ3v) is 6.96. The first-order valence-electron chi connectivity index (χ1n) is 11.1. The van der Waals surface area contributed by atoms with Crippen molar-refractivity contribution in [3.8, 4) is 0 Å². The molecular formula is C24H31N3O5S. The number of hydrogen-bond acceptors (Lipinski definition) is 7. The summed E-state index contributed by atoms with van der Waals surface area (Å²) in [5.41, 5.74) is 2.43. The minimum atomic E-state index is -0.202. The number of piperidine rings is 1. The molecule has 1 aliphatic rings. The Labute approximate surface area is 198 Å². The molecule has 0 spiro atoms. The zero-order chi connectivity index (χ0) is 24.0. The molecule has 0 aliphatic carbocycles. The number of aryl methyl sites for hydroxylation is 2. The lowest BCUT2D eigenvalue weighted by molar-refractivity contribution is -0.151. The number of thioether (sulfide) groups is 1. The Bertz CT molecular complexity index is 978. The summed E-state index contributed by atoms with van der Waals surface area (Å²) in [6.07, 6.45) is 1.17. The van der Waals surface area contributed by atoms with Crippen molar-refractivity contribution in [1.82, 2.24) is 15.0 Å². The van der Waals surface area contributed by atoms with Crippen molar-refractivity contribution in [3.05, 3.63) is 46.8 Å². The van der Waals surface area contributed by atoms with Crippen LogP contribution in [0, 0.1) is 19.8 Å². The Morgan fingerprint density at radius 1 is 1.21 bits per heavy atom. The van der Waals surface area contributed by atoms with Crippen LogP contribution in [0.5, 0.6) is 0 Å². The van der Waals surface area contributed by atoms with Gasteiger partial charge in [-0.05, 0) is 45.7 Å². The van der Waals surface area contributed by atoms with Gasteiger partial charge in [-0.2, -0.15) is 0 Å². The number of nitrogens with zero attached hydrogens (tertiary/aromatic N) is 3. The molecule has 0 unspecified atom stereocenters. The van der Waals surface area contributed by atoms with Gasteiger partial charge in [-0.15, -0.1) is 11.8 Å². The van der Waals surface area contributed by atoms with Gasteiger partial charge in [-0.25, -0.2) is 0 Å². The molecule has 8 nitrogen and oxygen atoms in total. The Balaban J connectivity index is 1.58. The van der Waals surface area contributed by atoms with Crippen LogP contribution >= 0.6 is 11.8 Å². The van der Waals surface area contributed by atoms with Crippen LogP contribution in [0.3, 0.4) is 0 Å². The van der Waals surface area contributed by atoms with Gasteiger partial charge in [-0.1, -0.05) is 17.3 Å². The number of benzene rings is 1. The number of hydrogen-bond donors (Lipinski definition) is 0. The standard InChI is InChI=1S/C24H31N3O5S/c1-5-31-24(30)18-10-12-27(13-11-18)22(28)14-26(4)23(29)19-8-6-7-9-21(19)33-15-20-16(2)25-32-17(20)3/h6-9,18H,5,10-15H2,1-4H3. The van der Waals surface area contributed by atoms with Gasteiger partial charge in [0.15, 0.2) is 0 Å². The average molecular weight is 474 g/mol. The zero-order valence-electron chi connectivity index (χ0n) is 19.6. The summed E-state index contributed by atoms with van der Waals surface area (Å²) in [4.78, 5) is 41.8. The number of carbonyl (C=O) groups is 3. The Morgan fingerprint density at radius 3 is 2.55 bits per heavy atom. The molecule has 178 valence electrons. The molecule has 9 heteroatoms. The van der Waals surface area contributed by atoms with E-state index in [0.29, 0.717) is 43.9 Å². The van der Waals surface area contributed by atoms with E-state index in [1.807, 2.05) is 32.0 Å². The minimum Gasteiger partial charge on any atom is -0.466 e. The van der Waals surface area contributed by atoms with Crippen LogP contribution in [-0.2, 0) is 20.1 Å². The molecule has 0 atom stereocenters. The number of carbonyl (C=O) groups excluding carboxylic acids is 3. The predicted molar refractivity (Wildman–Crippen MR) is 125 cm³/mol. The largest absolute Gasteiger partial charge is 0.466 e. The van der Waals surface area contributed by atoms with E-state index in [0.717, 1.165) is 21.9 Å². The van der Waals surface area contributed by atoms with Gasteiger partial charge in [0.05, 0.1) is 30.3 Å². The normalized spacial score (nSPS) is 14.2. The van der Waals surface area contributed by atoms with Gasteiger partial charge in [0.25, 0.3) is 5.91 Å². The molecule has 0 radical (unpaired) electrons. The molecule has 2 aromatic rings. The third-order valence-electron chi connectivity index (χ3n) is 5.86. The van der Waals surface area contributed by atoms with Crippen molar-refractivity contribution < 1.29 is 23.6 Å². The highest BCUT2D eigenvalue weighted by molar-refractivity contribution is 7.98. The van der Waals surface area contributed by atoms with Gasteiger partial charge >= 0.3 is 5.97 Å². The molecule has 3 rings (SSSR count). The summed E-state index contributed by atoms with van der Waals surface area (Å²) in [6, 6.07) is 7.41. The second kappa shape index (κ2) is 11.4. The van der Waals surface area contributed by atoms with Crippen LogP contribution in [-0.4, -0.2) is 66.0 Å².